The number of aliphatic hydroxyl groups excluding tert-OH is 1. The lowest BCUT2D eigenvalue weighted by atomic mass is 10.1. The summed E-state index contributed by atoms with van der Waals surface area (Å²) >= 11 is 0. The van der Waals surface area contributed by atoms with E-state index in [1.54, 1.807) is 6.92 Å². The first-order valence-corrected chi connectivity index (χ1v) is 6.98. The first-order valence-electron chi connectivity index (χ1n) is 6.98. The molecule has 0 spiro atoms. The molecule has 0 aliphatic rings. The fourth-order valence-corrected chi connectivity index (χ4v) is 2.09. The molecule has 0 saturated heterocycles. The van der Waals surface area contributed by atoms with Gasteiger partial charge >= 0.3 is 0 Å². The molecule has 4 heteroatoms. The smallest absolute Gasteiger partial charge is 0.241 e. The zero-order chi connectivity index (χ0) is 15.1. The van der Waals surface area contributed by atoms with E-state index in [0.717, 1.165) is 11.3 Å². The Morgan fingerprint density at radius 2 is 1.62 bits per heavy atom. The van der Waals surface area contributed by atoms with Crippen LogP contribution in [0.15, 0.2) is 60.7 Å². The number of amides is 1. The predicted molar refractivity (Wildman–Crippen MR) is 83.9 cm³/mol. The number of hydrogen-bond donors (Lipinski definition) is 3. The van der Waals surface area contributed by atoms with Crippen LogP contribution in [0.2, 0.25) is 0 Å². The van der Waals surface area contributed by atoms with Crippen molar-refractivity contribution in [1.82, 2.24) is 5.32 Å². The third-order valence-corrected chi connectivity index (χ3v) is 3.27. The van der Waals surface area contributed by atoms with Crippen LogP contribution in [-0.2, 0) is 4.79 Å². The molecule has 1 amide bonds. The van der Waals surface area contributed by atoms with E-state index in [0.29, 0.717) is 0 Å². The van der Waals surface area contributed by atoms with Gasteiger partial charge in [-0.1, -0.05) is 48.5 Å². The van der Waals surface area contributed by atoms with E-state index < -0.39 is 6.04 Å². The summed E-state index contributed by atoms with van der Waals surface area (Å²) in [6.07, 6.45) is 0. The Balaban J connectivity index is 1.96. The van der Waals surface area contributed by atoms with Crippen LogP contribution in [0.3, 0.4) is 0 Å². The van der Waals surface area contributed by atoms with E-state index in [1.165, 1.54) is 0 Å². The molecule has 0 bridgehead atoms. The summed E-state index contributed by atoms with van der Waals surface area (Å²) in [4.78, 5) is 12.1. The Hall–Kier alpha value is -2.17. The van der Waals surface area contributed by atoms with Crippen molar-refractivity contribution >= 4 is 11.6 Å². The van der Waals surface area contributed by atoms with Crippen LogP contribution in [0.25, 0.3) is 0 Å². The van der Waals surface area contributed by atoms with Crippen molar-refractivity contribution in [2.75, 3.05) is 11.9 Å². The minimum atomic E-state index is -0.414. The van der Waals surface area contributed by atoms with E-state index in [1.807, 2.05) is 60.7 Å². The normalized spacial score (nSPS) is 13.4. The van der Waals surface area contributed by atoms with Crippen LogP contribution < -0.4 is 10.6 Å². The number of hydrogen-bond acceptors (Lipinski definition) is 3. The van der Waals surface area contributed by atoms with Crippen LogP contribution in [0.1, 0.15) is 18.5 Å². The molecule has 2 rings (SSSR count). The Kier molecular flexibility index (Phi) is 5.49. The highest BCUT2D eigenvalue weighted by Gasteiger charge is 2.18. The molecular formula is C17H20N2O2. The van der Waals surface area contributed by atoms with Gasteiger partial charge < -0.3 is 10.4 Å². The molecule has 0 radical (unpaired) electrons. The molecule has 0 saturated carbocycles. The maximum Gasteiger partial charge on any atom is 0.241 e. The minimum absolute atomic E-state index is 0.0625. The number of benzene rings is 2. The Labute approximate surface area is 124 Å². The lowest BCUT2D eigenvalue weighted by Crippen LogP contribution is -2.41. The molecule has 2 unspecified atom stereocenters. The molecule has 2 aromatic carbocycles. The monoisotopic (exact) mass is 284 g/mol. The summed E-state index contributed by atoms with van der Waals surface area (Å²) in [5, 5.41) is 15.5. The van der Waals surface area contributed by atoms with Gasteiger partial charge in [0.05, 0.1) is 18.7 Å². The van der Waals surface area contributed by atoms with Crippen LogP contribution in [0.4, 0.5) is 5.69 Å². The van der Waals surface area contributed by atoms with E-state index in [4.69, 9.17) is 0 Å². The van der Waals surface area contributed by atoms with Crippen LogP contribution in [0.5, 0.6) is 0 Å². The lowest BCUT2D eigenvalue weighted by molar-refractivity contribution is -0.118. The molecule has 0 heterocycles. The number of carbonyl (C=O) groups excluding carboxylic acids is 1. The first kappa shape index (κ1) is 15.2. The van der Waals surface area contributed by atoms with Crippen molar-refractivity contribution in [1.29, 1.82) is 0 Å². The van der Waals surface area contributed by atoms with E-state index >= 15 is 0 Å². The Morgan fingerprint density at radius 1 is 1.05 bits per heavy atom. The molecule has 4 nitrogen and oxygen atoms in total. The van der Waals surface area contributed by atoms with Gasteiger partial charge in [0.15, 0.2) is 0 Å². The van der Waals surface area contributed by atoms with Crippen molar-refractivity contribution in [3.63, 3.8) is 0 Å². The summed E-state index contributed by atoms with van der Waals surface area (Å²) in [6.45, 7) is 1.72. The van der Waals surface area contributed by atoms with Gasteiger partial charge in [-0.2, -0.15) is 0 Å². The fourth-order valence-electron chi connectivity index (χ4n) is 2.09. The highest BCUT2D eigenvalue weighted by Crippen LogP contribution is 2.13. The average molecular weight is 284 g/mol. The number of aliphatic hydroxyl groups is 1. The van der Waals surface area contributed by atoms with E-state index in [-0.39, 0.29) is 18.6 Å². The summed E-state index contributed by atoms with van der Waals surface area (Å²) < 4.78 is 0. The quantitative estimate of drug-likeness (QED) is 0.763. The van der Waals surface area contributed by atoms with Crippen molar-refractivity contribution in [3.05, 3.63) is 66.2 Å². The van der Waals surface area contributed by atoms with Crippen molar-refractivity contribution < 1.29 is 9.90 Å². The number of carbonyl (C=O) groups is 1. The largest absolute Gasteiger partial charge is 0.394 e. The zero-order valence-electron chi connectivity index (χ0n) is 12.0. The standard InChI is InChI=1S/C17H20N2O2/c1-13(17(21)19-15-10-6-3-7-11-15)18-16(12-20)14-8-4-2-5-9-14/h2-11,13,16,18,20H,12H2,1H3,(H,19,21). The molecule has 110 valence electrons. The van der Waals surface area contributed by atoms with E-state index in [2.05, 4.69) is 10.6 Å². The summed E-state index contributed by atoms with van der Waals surface area (Å²) in [5.41, 5.74) is 1.72. The third-order valence-electron chi connectivity index (χ3n) is 3.27. The second-order valence-corrected chi connectivity index (χ2v) is 4.89. The third kappa shape index (κ3) is 4.41. The van der Waals surface area contributed by atoms with Crippen molar-refractivity contribution in [2.24, 2.45) is 0 Å². The highest BCUT2D eigenvalue weighted by molar-refractivity contribution is 5.94. The van der Waals surface area contributed by atoms with Gasteiger partial charge in [0.1, 0.15) is 0 Å². The van der Waals surface area contributed by atoms with Gasteiger partial charge in [-0.15, -0.1) is 0 Å². The van der Waals surface area contributed by atoms with Gasteiger partial charge in [-0.25, -0.2) is 0 Å². The van der Waals surface area contributed by atoms with Crippen molar-refractivity contribution in [2.45, 2.75) is 19.0 Å². The van der Waals surface area contributed by atoms with Gasteiger partial charge in [0, 0.05) is 5.69 Å². The molecule has 0 fully saturated rings. The van der Waals surface area contributed by atoms with Crippen LogP contribution in [-0.4, -0.2) is 23.7 Å². The number of nitrogens with one attached hydrogen (secondary N) is 2. The fraction of sp³-hybridized carbons (Fsp3) is 0.235. The highest BCUT2D eigenvalue weighted by atomic mass is 16.3. The number of rotatable bonds is 6. The van der Waals surface area contributed by atoms with Crippen LogP contribution in [0, 0.1) is 0 Å². The van der Waals surface area contributed by atoms with Gasteiger partial charge in [0.2, 0.25) is 5.91 Å². The summed E-state index contributed by atoms with van der Waals surface area (Å²) in [7, 11) is 0. The maximum absolute atomic E-state index is 12.1. The summed E-state index contributed by atoms with van der Waals surface area (Å²) in [5.74, 6) is -0.129. The molecule has 0 aliphatic heterocycles. The van der Waals surface area contributed by atoms with Gasteiger partial charge in [0.25, 0.3) is 0 Å². The second-order valence-electron chi connectivity index (χ2n) is 4.89. The summed E-state index contributed by atoms with van der Waals surface area (Å²) in [6, 6.07) is 18.2. The van der Waals surface area contributed by atoms with Crippen molar-refractivity contribution in [3.8, 4) is 0 Å². The minimum Gasteiger partial charge on any atom is -0.394 e. The number of para-hydroxylation sites is 1. The average Bonchev–Trinajstić information content (AvgIpc) is 2.54. The molecule has 3 N–H and O–H groups in total. The topological polar surface area (TPSA) is 61.4 Å². The molecule has 21 heavy (non-hydrogen) atoms. The second kappa shape index (κ2) is 7.57. The zero-order valence-corrected chi connectivity index (χ0v) is 12.0. The lowest BCUT2D eigenvalue weighted by Gasteiger charge is -2.21. The molecule has 0 aliphatic carbocycles. The Morgan fingerprint density at radius 3 is 2.19 bits per heavy atom. The molecule has 0 aromatic heterocycles. The number of anilines is 1. The van der Waals surface area contributed by atoms with Gasteiger partial charge in [-0.3, -0.25) is 10.1 Å². The van der Waals surface area contributed by atoms with Crippen LogP contribution >= 0.6 is 0 Å². The Bertz CT molecular complexity index is 558. The first-order chi connectivity index (χ1) is 10.2. The predicted octanol–water partition coefficient (Wildman–Crippen LogP) is 2.34. The molecular weight excluding hydrogens is 264 g/mol. The molecule has 2 aromatic rings. The van der Waals surface area contributed by atoms with E-state index in [9.17, 15) is 9.90 Å². The SMILES string of the molecule is CC(NC(CO)c1ccccc1)C(=O)Nc1ccccc1. The maximum atomic E-state index is 12.1. The van der Waals surface area contributed by atoms with Gasteiger partial charge in [-0.05, 0) is 24.6 Å². The molecule has 2 atom stereocenters.